The van der Waals surface area contributed by atoms with Gasteiger partial charge >= 0.3 is 6.09 Å². The number of para-hydroxylation sites is 2. The number of benzene rings is 3. The monoisotopic (exact) mass is 480 g/mol. The molecule has 1 N–H and O–H groups in total. The van der Waals surface area contributed by atoms with Gasteiger partial charge in [-0.3, -0.25) is 10.1 Å². The van der Waals surface area contributed by atoms with E-state index < -0.39 is 11.0 Å². The Morgan fingerprint density at radius 2 is 1.69 bits per heavy atom. The first-order valence-electron chi connectivity index (χ1n) is 11.7. The molecule has 0 spiro atoms. The van der Waals surface area contributed by atoms with Crippen molar-refractivity contribution < 1.29 is 14.5 Å². The number of nitro groups is 1. The van der Waals surface area contributed by atoms with Crippen molar-refractivity contribution in [2.24, 2.45) is 0 Å². The maximum Gasteiger partial charge on any atom is 0.407 e. The van der Waals surface area contributed by atoms with Gasteiger partial charge in [0.15, 0.2) is 0 Å². The summed E-state index contributed by atoms with van der Waals surface area (Å²) in [4.78, 5) is 23.1. The molecule has 8 heteroatoms. The first kappa shape index (κ1) is 23.0. The summed E-state index contributed by atoms with van der Waals surface area (Å²) in [5.74, 6) is 0.0278. The van der Waals surface area contributed by atoms with Gasteiger partial charge in [-0.05, 0) is 34.7 Å². The number of hydrogen-bond donors (Lipinski definition) is 1. The topological polar surface area (TPSA) is 99.3 Å². The number of nitrogens with zero attached hydrogens (tertiary/aromatic N) is 3. The Labute approximate surface area is 208 Å². The summed E-state index contributed by atoms with van der Waals surface area (Å²) >= 11 is 0. The van der Waals surface area contributed by atoms with Crippen molar-refractivity contribution in [3.8, 4) is 16.8 Å². The summed E-state index contributed by atoms with van der Waals surface area (Å²) < 4.78 is 7.02. The van der Waals surface area contributed by atoms with E-state index in [1.165, 1.54) is 33.0 Å². The molecule has 0 saturated carbocycles. The number of amides is 1. The Morgan fingerprint density at radius 1 is 1.03 bits per heavy atom. The summed E-state index contributed by atoms with van der Waals surface area (Å²) in [7, 11) is 0. The van der Waals surface area contributed by atoms with E-state index >= 15 is 0 Å². The molecule has 1 heterocycles. The number of aromatic nitrogens is 2. The van der Waals surface area contributed by atoms with E-state index in [0.29, 0.717) is 18.7 Å². The van der Waals surface area contributed by atoms with Crippen molar-refractivity contribution >= 4 is 17.9 Å². The highest BCUT2D eigenvalue weighted by Gasteiger charge is 2.28. The molecule has 5 rings (SSSR count). The zero-order valence-electron chi connectivity index (χ0n) is 19.4. The summed E-state index contributed by atoms with van der Waals surface area (Å²) in [5.41, 5.74) is 5.93. The molecule has 8 nitrogen and oxygen atoms in total. The fourth-order valence-electron chi connectivity index (χ4n) is 4.49. The molecule has 3 aromatic carbocycles. The Kier molecular flexibility index (Phi) is 6.57. The lowest BCUT2D eigenvalue weighted by atomic mass is 9.98. The largest absolute Gasteiger partial charge is 0.449 e. The SMILES string of the molecule is O=C(NCCC=Cc1cnn(-c2ccccc2[N+](=O)[O-])c1)OCC1c2ccccc2-c2ccccc21. The van der Waals surface area contributed by atoms with Gasteiger partial charge < -0.3 is 10.1 Å². The molecular formula is C28H24N4O4. The molecule has 0 saturated heterocycles. The number of alkyl carbamates (subject to hydrolysis) is 1. The zero-order valence-corrected chi connectivity index (χ0v) is 19.4. The second-order valence-electron chi connectivity index (χ2n) is 8.41. The predicted molar refractivity (Wildman–Crippen MR) is 137 cm³/mol. The van der Waals surface area contributed by atoms with E-state index in [0.717, 1.165) is 5.56 Å². The lowest BCUT2D eigenvalue weighted by Crippen LogP contribution is -2.26. The molecule has 0 radical (unpaired) electrons. The fourth-order valence-corrected chi connectivity index (χ4v) is 4.49. The molecule has 0 bridgehead atoms. The highest BCUT2D eigenvalue weighted by Crippen LogP contribution is 2.44. The molecular weight excluding hydrogens is 456 g/mol. The molecule has 1 aliphatic rings. The van der Waals surface area contributed by atoms with Crippen molar-refractivity contribution in [3.05, 3.63) is 118 Å². The first-order chi connectivity index (χ1) is 17.6. The van der Waals surface area contributed by atoms with Crippen molar-refractivity contribution in [1.82, 2.24) is 15.1 Å². The van der Waals surface area contributed by atoms with Crippen LogP contribution in [0.25, 0.3) is 22.9 Å². The van der Waals surface area contributed by atoms with Crippen molar-refractivity contribution in [2.75, 3.05) is 13.2 Å². The van der Waals surface area contributed by atoms with Crippen LogP contribution in [0, 0.1) is 10.1 Å². The standard InChI is InChI=1S/C28H24N4O4/c33-28(36-19-25-23-12-3-1-10-21(23)22-11-2-4-13-24(22)25)29-16-8-7-9-20-17-30-31(18-20)26-14-5-6-15-27(26)32(34)35/h1-7,9-15,17-18,25H,8,16,19H2,(H,29,33). The number of carbonyl (C=O) groups is 1. The van der Waals surface area contributed by atoms with Crippen LogP contribution in [0.1, 0.15) is 29.0 Å². The minimum Gasteiger partial charge on any atom is -0.449 e. The maximum atomic E-state index is 12.3. The highest BCUT2D eigenvalue weighted by molar-refractivity contribution is 5.79. The average molecular weight is 481 g/mol. The number of nitrogens with one attached hydrogen (secondary N) is 1. The number of carbonyl (C=O) groups excluding carboxylic acids is 1. The quantitative estimate of drug-likeness (QED) is 0.197. The van der Waals surface area contributed by atoms with E-state index in [-0.39, 0.29) is 18.2 Å². The molecule has 0 atom stereocenters. The van der Waals surface area contributed by atoms with Crippen LogP contribution in [0.2, 0.25) is 0 Å². The van der Waals surface area contributed by atoms with Gasteiger partial charge in [0, 0.05) is 30.3 Å². The average Bonchev–Trinajstić information content (AvgIpc) is 3.50. The minimum absolute atomic E-state index is 0.0107. The van der Waals surface area contributed by atoms with Crippen LogP contribution < -0.4 is 5.32 Å². The lowest BCUT2D eigenvalue weighted by molar-refractivity contribution is -0.384. The van der Waals surface area contributed by atoms with Gasteiger partial charge in [0.05, 0.1) is 11.1 Å². The number of nitro benzene ring substituents is 1. The fraction of sp³-hybridized carbons (Fsp3) is 0.143. The summed E-state index contributed by atoms with van der Waals surface area (Å²) in [6.07, 6.45) is 7.27. The van der Waals surface area contributed by atoms with Crippen LogP contribution in [0.15, 0.2) is 91.3 Å². The third kappa shape index (κ3) is 4.74. The molecule has 4 aromatic rings. The number of hydrogen-bond acceptors (Lipinski definition) is 5. The second-order valence-corrected chi connectivity index (χ2v) is 8.41. The number of rotatable bonds is 8. The third-order valence-electron chi connectivity index (χ3n) is 6.16. The molecule has 1 aromatic heterocycles. The van der Waals surface area contributed by atoms with E-state index in [2.05, 4.69) is 34.7 Å². The van der Waals surface area contributed by atoms with Crippen molar-refractivity contribution in [2.45, 2.75) is 12.3 Å². The second kappa shape index (κ2) is 10.3. The van der Waals surface area contributed by atoms with Gasteiger partial charge in [-0.25, -0.2) is 9.48 Å². The molecule has 0 fully saturated rings. The lowest BCUT2D eigenvalue weighted by Gasteiger charge is -2.14. The van der Waals surface area contributed by atoms with E-state index in [9.17, 15) is 14.9 Å². The van der Waals surface area contributed by atoms with Gasteiger partial charge in [0.1, 0.15) is 12.3 Å². The highest BCUT2D eigenvalue weighted by atomic mass is 16.6. The normalized spacial score (nSPS) is 12.3. The van der Waals surface area contributed by atoms with Gasteiger partial charge in [0.2, 0.25) is 0 Å². The van der Waals surface area contributed by atoms with Crippen LogP contribution in [0.3, 0.4) is 0 Å². The molecule has 0 aliphatic heterocycles. The molecule has 1 aliphatic carbocycles. The van der Waals surface area contributed by atoms with Gasteiger partial charge in [-0.2, -0.15) is 5.10 Å². The van der Waals surface area contributed by atoms with E-state index in [1.807, 2.05) is 36.4 Å². The summed E-state index contributed by atoms with van der Waals surface area (Å²) in [6, 6.07) is 22.9. The van der Waals surface area contributed by atoms with Gasteiger partial charge in [-0.15, -0.1) is 0 Å². The molecule has 1 amide bonds. The molecule has 36 heavy (non-hydrogen) atoms. The Morgan fingerprint density at radius 3 is 2.42 bits per heavy atom. The summed E-state index contributed by atoms with van der Waals surface area (Å²) in [5, 5.41) is 18.2. The number of fused-ring (bicyclic) bond motifs is 3. The zero-order chi connectivity index (χ0) is 24.9. The van der Waals surface area contributed by atoms with Crippen molar-refractivity contribution in [3.63, 3.8) is 0 Å². The Balaban J connectivity index is 1.11. The third-order valence-corrected chi connectivity index (χ3v) is 6.16. The van der Waals surface area contributed by atoms with Gasteiger partial charge in [-0.1, -0.05) is 72.8 Å². The van der Waals surface area contributed by atoms with Gasteiger partial charge in [0.25, 0.3) is 5.69 Å². The Bertz CT molecular complexity index is 1400. The molecule has 180 valence electrons. The Hall–Kier alpha value is -4.72. The first-order valence-corrected chi connectivity index (χ1v) is 11.7. The van der Waals surface area contributed by atoms with E-state index in [1.54, 1.807) is 30.6 Å². The molecule has 0 unspecified atom stereocenters. The van der Waals surface area contributed by atoms with Crippen molar-refractivity contribution in [1.29, 1.82) is 0 Å². The minimum atomic E-state index is -0.450. The van der Waals surface area contributed by atoms with Crippen LogP contribution in [-0.2, 0) is 4.74 Å². The van der Waals surface area contributed by atoms with Crippen LogP contribution in [0.5, 0.6) is 0 Å². The number of ether oxygens (including phenoxy) is 1. The van der Waals surface area contributed by atoms with Crippen LogP contribution in [-0.4, -0.2) is 33.9 Å². The predicted octanol–water partition coefficient (Wildman–Crippen LogP) is 5.72. The smallest absolute Gasteiger partial charge is 0.407 e. The maximum absolute atomic E-state index is 12.3. The van der Waals surface area contributed by atoms with E-state index in [4.69, 9.17) is 4.74 Å². The van der Waals surface area contributed by atoms with Crippen LogP contribution >= 0.6 is 0 Å². The summed E-state index contributed by atoms with van der Waals surface area (Å²) in [6.45, 7) is 0.700. The van der Waals surface area contributed by atoms with Crippen LogP contribution in [0.4, 0.5) is 10.5 Å².